The van der Waals surface area contributed by atoms with Crippen molar-refractivity contribution in [2.75, 3.05) is 6.61 Å². The molecule has 1 N–H and O–H groups in total. The fraction of sp³-hybridized carbons (Fsp3) is 0.579. The van der Waals surface area contributed by atoms with Crippen LogP contribution in [0, 0.1) is 11.3 Å². The smallest absolute Gasteiger partial charge is 0.338 e. The Labute approximate surface area is 146 Å². The predicted molar refractivity (Wildman–Crippen MR) is 86.9 cm³/mol. The molecule has 4 rings (SSSR count). The van der Waals surface area contributed by atoms with Gasteiger partial charge in [0.2, 0.25) is 0 Å². The van der Waals surface area contributed by atoms with Crippen molar-refractivity contribution in [3.05, 3.63) is 34.6 Å². The molecule has 0 bridgehead atoms. The van der Waals surface area contributed by atoms with E-state index in [0.717, 1.165) is 31.3 Å². The van der Waals surface area contributed by atoms with Gasteiger partial charge in [-0.05, 0) is 38.2 Å². The third-order valence-corrected chi connectivity index (χ3v) is 5.83. The van der Waals surface area contributed by atoms with Crippen molar-refractivity contribution in [1.29, 1.82) is 0 Å². The van der Waals surface area contributed by atoms with Crippen LogP contribution < -0.4 is 0 Å². The van der Waals surface area contributed by atoms with E-state index in [1.54, 1.807) is 13.0 Å². The molecule has 6 nitrogen and oxygen atoms in total. The SMILES string of the molecule is CC1=C[C@H](OC=C2C(=O)O[C@@H]3C4=C(CCC[C@@]4(C)CO)C[C@H]23)OC1=O. The second kappa shape index (κ2) is 5.73. The lowest BCUT2D eigenvalue weighted by Crippen LogP contribution is -2.33. The minimum atomic E-state index is -0.793. The van der Waals surface area contributed by atoms with Crippen LogP contribution in [-0.4, -0.2) is 36.0 Å². The molecule has 2 aliphatic carbocycles. The fourth-order valence-electron chi connectivity index (χ4n) is 4.48. The minimum Gasteiger partial charge on any atom is -0.458 e. The highest BCUT2D eigenvalue weighted by Gasteiger charge is 2.53. The average Bonchev–Trinajstić information content (AvgIpc) is 3.18. The number of cyclic esters (lactones) is 1. The van der Waals surface area contributed by atoms with E-state index in [-0.39, 0.29) is 24.0 Å². The molecule has 1 saturated heterocycles. The van der Waals surface area contributed by atoms with Crippen molar-refractivity contribution in [2.24, 2.45) is 11.3 Å². The Balaban J connectivity index is 1.56. The van der Waals surface area contributed by atoms with E-state index in [1.807, 2.05) is 6.92 Å². The van der Waals surface area contributed by atoms with Crippen LogP contribution in [0.15, 0.2) is 34.6 Å². The molecule has 4 aliphatic rings. The quantitative estimate of drug-likeness (QED) is 0.365. The third kappa shape index (κ3) is 2.51. The van der Waals surface area contributed by atoms with Crippen molar-refractivity contribution >= 4 is 11.9 Å². The van der Waals surface area contributed by atoms with Crippen LogP contribution in [-0.2, 0) is 23.8 Å². The van der Waals surface area contributed by atoms with Crippen LogP contribution in [0.2, 0.25) is 0 Å². The molecular weight excluding hydrogens is 324 g/mol. The van der Waals surface area contributed by atoms with Gasteiger partial charge in [0.15, 0.2) is 0 Å². The van der Waals surface area contributed by atoms with Gasteiger partial charge in [0.1, 0.15) is 6.10 Å². The molecule has 0 amide bonds. The van der Waals surface area contributed by atoms with Gasteiger partial charge in [0, 0.05) is 23.0 Å². The number of hydrogen-bond donors (Lipinski definition) is 1. The van der Waals surface area contributed by atoms with Crippen LogP contribution in [0.1, 0.15) is 39.5 Å². The van der Waals surface area contributed by atoms with Crippen LogP contribution in [0.4, 0.5) is 0 Å². The standard InChI is InChI=1S/C19H22O6/c1-10-6-14(24-17(10)21)23-8-13-12-7-11-4-3-5-19(2,9-20)15(11)16(12)25-18(13)22/h6,8,12,14,16,20H,3-5,7,9H2,1-2H3/t12-,14-,16+,19+/m1/s1. The number of ether oxygens (including phenoxy) is 3. The first-order valence-electron chi connectivity index (χ1n) is 8.72. The molecule has 0 aromatic rings. The number of carbonyl (C=O) groups excluding carboxylic acids is 2. The summed E-state index contributed by atoms with van der Waals surface area (Å²) < 4.78 is 16.2. The highest BCUT2D eigenvalue weighted by Crippen LogP contribution is 2.54. The van der Waals surface area contributed by atoms with Gasteiger partial charge >= 0.3 is 11.9 Å². The molecule has 0 unspecified atom stereocenters. The highest BCUT2D eigenvalue weighted by atomic mass is 16.7. The lowest BCUT2D eigenvalue weighted by atomic mass is 9.71. The molecule has 0 aromatic heterocycles. The second-order valence-corrected chi connectivity index (χ2v) is 7.56. The maximum Gasteiger partial charge on any atom is 0.338 e. The number of carbonyl (C=O) groups is 2. The number of esters is 2. The third-order valence-electron chi connectivity index (χ3n) is 5.83. The van der Waals surface area contributed by atoms with Crippen LogP contribution in [0.3, 0.4) is 0 Å². The molecule has 0 radical (unpaired) electrons. The molecule has 25 heavy (non-hydrogen) atoms. The zero-order valence-corrected chi connectivity index (χ0v) is 14.4. The summed E-state index contributed by atoms with van der Waals surface area (Å²) in [6.45, 7) is 3.76. The van der Waals surface area contributed by atoms with E-state index in [1.165, 1.54) is 11.8 Å². The maximum atomic E-state index is 12.3. The predicted octanol–water partition coefficient (Wildman–Crippen LogP) is 2.14. The summed E-state index contributed by atoms with van der Waals surface area (Å²) in [4.78, 5) is 23.7. The number of aliphatic hydroxyl groups is 1. The summed E-state index contributed by atoms with van der Waals surface area (Å²) in [7, 11) is 0. The van der Waals surface area contributed by atoms with Gasteiger partial charge in [0.05, 0.1) is 18.4 Å². The van der Waals surface area contributed by atoms with Crippen molar-refractivity contribution in [2.45, 2.75) is 51.9 Å². The Morgan fingerprint density at radius 1 is 1.36 bits per heavy atom. The highest BCUT2D eigenvalue weighted by molar-refractivity contribution is 5.92. The van der Waals surface area contributed by atoms with Crippen molar-refractivity contribution in [3.63, 3.8) is 0 Å². The van der Waals surface area contributed by atoms with Crippen LogP contribution >= 0.6 is 0 Å². The number of fused-ring (bicyclic) bond motifs is 2. The van der Waals surface area contributed by atoms with Crippen LogP contribution in [0.5, 0.6) is 0 Å². The summed E-state index contributed by atoms with van der Waals surface area (Å²) in [5.74, 6) is -0.881. The Hall–Kier alpha value is -2.08. The number of allylic oxidation sites excluding steroid dienone is 1. The van der Waals surface area contributed by atoms with Gasteiger partial charge in [-0.15, -0.1) is 0 Å². The molecule has 0 aromatic carbocycles. The topological polar surface area (TPSA) is 82.1 Å². The molecule has 4 atom stereocenters. The van der Waals surface area contributed by atoms with Gasteiger partial charge in [-0.2, -0.15) is 0 Å². The van der Waals surface area contributed by atoms with Crippen molar-refractivity contribution in [3.8, 4) is 0 Å². The van der Waals surface area contributed by atoms with E-state index < -0.39 is 18.2 Å². The monoisotopic (exact) mass is 346 g/mol. The molecule has 6 heteroatoms. The summed E-state index contributed by atoms with van der Waals surface area (Å²) >= 11 is 0. The van der Waals surface area contributed by atoms with E-state index in [2.05, 4.69) is 0 Å². The Bertz CT molecular complexity index is 730. The molecule has 134 valence electrons. The summed E-state index contributed by atoms with van der Waals surface area (Å²) in [6.07, 6.45) is 5.56. The van der Waals surface area contributed by atoms with E-state index in [0.29, 0.717) is 11.1 Å². The van der Waals surface area contributed by atoms with E-state index >= 15 is 0 Å². The molecule has 0 spiro atoms. The lowest BCUT2D eigenvalue weighted by Gasteiger charge is -2.36. The summed E-state index contributed by atoms with van der Waals surface area (Å²) in [5.41, 5.74) is 3.07. The maximum absolute atomic E-state index is 12.3. The summed E-state index contributed by atoms with van der Waals surface area (Å²) in [5, 5.41) is 9.88. The lowest BCUT2D eigenvalue weighted by molar-refractivity contribution is -0.152. The summed E-state index contributed by atoms with van der Waals surface area (Å²) in [6, 6.07) is 0. The molecule has 1 fully saturated rings. The Morgan fingerprint density at radius 2 is 2.16 bits per heavy atom. The van der Waals surface area contributed by atoms with Crippen LogP contribution in [0.25, 0.3) is 0 Å². The first-order chi connectivity index (χ1) is 11.9. The molecule has 0 saturated carbocycles. The zero-order chi connectivity index (χ0) is 17.8. The second-order valence-electron chi connectivity index (χ2n) is 7.56. The van der Waals surface area contributed by atoms with Crippen molar-refractivity contribution < 1.29 is 28.9 Å². The first-order valence-corrected chi connectivity index (χ1v) is 8.72. The molecular formula is C19H22O6. The Morgan fingerprint density at radius 3 is 2.84 bits per heavy atom. The van der Waals surface area contributed by atoms with Crippen molar-refractivity contribution in [1.82, 2.24) is 0 Å². The fourth-order valence-corrected chi connectivity index (χ4v) is 4.48. The number of rotatable bonds is 3. The number of hydrogen-bond acceptors (Lipinski definition) is 6. The van der Waals surface area contributed by atoms with Gasteiger partial charge in [0.25, 0.3) is 6.29 Å². The molecule has 2 heterocycles. The number of aliphatic hydroxyl groups excluding tert-OH is 1. The van der Waals surface area contributed by atoms with Gasteiger partial charge < -0.3 is 19.3 Å². The van der Waals surface area contributed by atoms with Gasteiger partial charge in [-0.1, -0.05) is 12.5 Å². The Kier molecular flexibility index (Phi) is 3.76. The van der Waals surface area contributed by atoms with E-state index in [4.69, 9.17) is 14.2 Å². The van der Waals surface area contributed by atoms with E-state index in [9.17, 15) is 14.7 Å². The zero-order valence-electron chi connectivity index (χ0n) is 14.4. The average molecular weight is 346 g/mol. The van der Waals surface area contributed by atoms with Gasteiger partial charge in [-0.25, -0.2) is 9.59 Å². The first kappa shape index (κ1) is 16.4. The largest absolute Gasteiger partial charge is 0.458 e. The minimum absolute atomic E-state index is 0.0598. The van der Waals surface area contributed by atoms with Gasteiger partial charge in [-0.3, -0.25) is 0 Å². The molecule has 2 aliphatic heterocycles. The normalized spacial score (nSPS) is 38.4.